The minimum atomic E-state index is -0.732. The maximum atomic E-state index is 13.4. The Morgan fingerprint density at radius 2 is 1.89 bits per heavy atom. The number of benzene rings is 2. The predicted molar refractivity (Wildman–Crippen MR) is 68.9 cm³/mol. The van der Waals surface area contributed by atoms with Crippen molar-refractivity contribution in [2.24, 2.45) is 0 Å². The first kappa shape index (κ1) is 12.9. The van der Waals surface area contributed by atoms with Crippen molar-refractivity contribution in [3.8, 4) is 11.5 Å². The van der Waals surface area contributed by atoms with Gasteiger partial charge in [0.2, 0.25) is 0 Å². The molecule has 0 aliphatic heterocycles. The highest BCUT2D eigenvalue weighted by molar-refractivity contribution is 6.04. The number of carbonyl (C=O) groups excluding carboxylic acids is 1. The predicted octanol–water partition coefficient (Wildman–Crippen LogP) is 2.80. The lowest BCUT2D eigenvalue weighted by molar-refractivity contribution is 0.102. The number of phenolic OH excluding ortho intramolecular Hbond substituents is 2. The molecule has 2 aromatic rings. The Morgan fingerprint density at radius 3 is 2.53 bits per heavy atom. The summed E-state index contributed by atoms with van der Waals surface area (Å²) in [4.78, 5) is 11.9. The number of phenols is 2. The Bertz CT molecular complexity index is 641. The van der Waals surface area contributed by atoms with Crippen molar-refractivity contribution < 1.29 is 19.4 Å². The van der Waals surface area contributed by atoms with Crippen molar-refractivity contribution in [2.75, 3.05) is 5.32 Å². The number of anilines is 1. The minimum absolute atomic E-state index is 0.00109. The van der Waals surface area contributed by atoms with Crippen LogP contribution in [0.3, 0.4) is 0 Å². The zero-order valence-corrected chi connectivity index (χ0v) is 10.1. The number of halogens is 1. The third kappa shape index (κ3) is 2.82. The topological polar surface area (TPSA) is 69.6 Å². The van der Waals surface area contributed by atoms with Crippen LogP contribution in [-0.4, -0.2) is 16.1 Å². The van der Waals surface area contributed by atoms with Crippen molar-refractivity contribution in [1.82, 2.24) is 0 Å². The van der Waals surface area contributed by atoms with E-state index in [0.717, 1.165) is 6.07 Å². The van der Waals surface area contributed by atoms with Crippen LogP contribution in [0.4, 0.5) is 10.1 Å². The summed E-state index contributed by atoms with van der Waals surface area (Å²) in [6, 6.07) is 7.87. The number of rotatable bonds is 2. The van der Waals surface area contributed by atoms with Gasteiger partial charge in [-0.25, -0.2) is 4.39 Å². The Kier molecular flexibility index (Phi) is 3.37. The smallest absolute Gasteiger partial charge is 0.255 e. The quantitative estimate of drug-likeness (QED) is 0.728. The Hall–Kier alpha value is -2.56. The lowest BCUT2D eigenvalue weighted by atomic mass is 10.1. The summed E-state index contributed by atoms with van der Waals surface area (Å²) in [6.07, 6.45) is 0. The first-order valence-electron chi connectivity index (χ1n) is 5.57. The fourth-order valence-corrected chi connectivity index (χ4v) is 1.55. The van der Waals surface area contributed by atoms with Crippen LogP contribution in [0.1, 0.15) is 15.9 Å². The first-order valence-corrected chi connectivity index (χ1v) is 5.57. The molecule has 0 atom stereocenters. The molecule has 0 bridgehead atoms. The van der Waals surface area contributed by atoms with Gasteiger partial charge in [0, 0.05) is 11.6 Å². The minimum Gasteiger partial charge on any atom is -0.508 e. The van der Waals surface area contributed by atoms with E-state index in [0.29, 0.717) is 5.56 Å². The monoisotopic (exact) mass is 261 g/mol. The summed E-state index contributed by atoms with van der Waals surface area (Å²) < 4.78 is 13.4. The second-order valence-corrected chi connectivity index (χ2v) is 4.12. The van der Waals surface area contributed by atoms with E-state index in [1.165, 1.54) is 24.3 Å². The highest BCUT2D eigenvalue weighted by Gasteiger charge is 2.11. The largest absolute Gasteiger partial charge is 0.508 e. The van der Waals surface area contributed by atoms with E-state index >= 15 is 0 Å². The second-order valence-electron chi connectivity index (χ2n) is 4.12. The molecule has 0 radical (unpaired) electrons. The molecule has 0 saturated heterocycles. The van der Waals surface area contributed by atoms with Crippen molar-refractivity contribution >= 4 is 11.6 Å². The van der Waals surface area contributed by atoms with Crippen molar-refractivity contribution in [3.05, 3.63) is 53.3 Å². The van der Waals surface area contributed by atoms with Crippen LogP contribution in [0.15, 0.2) is 36.4 Å². The lowest BCUT2D eigenvalue weighted by Gasteiger charge is -2.07. The summed E-state index contributed by atoms with van der Waals surface area (Å²) in [5.41, 5.74) is 0.825. The number of aryl methyl sites for hydroxylation is 1. The molecule has 0 heterocycles. The van der Waals surface area contributed by atoms with Gasteiger partial charge in [0.1, 0.15) is 17.3 Å². The normalized spacial score (nSPS) is 10.2. The molecular weight excluding hydrogens is 249 g/mol. The van der Waals surface area contributed by atoms with E-state index in [-0.39, 0.29) is 22.7 Å². The number of aromatic hydroxyl groups is 2. The summed E-state index contributed by atoms with van der Waals surface area (Å²) in [7, 11) is 0. The maximum absolute atomic E-state index is 13.4. The average molecular weight is 261 g/mol. The molecule has 0 aliphatic rings. The van der Waals surface area contributed by atoms with Crippen LogP contribution in [-0.2, 0) is 0 Å². The van der Waals surface area contributed by atoms with Gasteiger partial charge >= 0.3 is 0 Å². The highest BCUT2D eigenvalue weighted by atomic mass is 19.1. The van der Waals surface area contributed by atoms with Gasteiger partial charge in [-0.3, -0.25) is 4.79 Å². The lowest BCUT2D eigenvalue weighted by Crippen LogP contribution is -2.12. The zero-order valence-electron chi connectivity index (χ0n) is 10.1. The van der Waals surface area contributed by atoms with Gasteiger partial charge in [-0.1, -0.05) is 6.07 Å². The van der Waals surface area contributed by atoms with Gasteiger partial charge in [-0.2, -0.15) is 0 Å². The maximum Gasteiger partial charge on any atom is 0.255 e. The SMILES string of the molecule is Cc1ccc(C(=O)Nc2ccc(O)cc2F)cc1O. The molecule has 4 nitrogen and oxygen atoms in total. The second kappa shape index (κ2) is 4.97. The molecule has 0 aromatic heterocycles. The van der Waals surface area contributed by atoms with E-state index in [9.17, 15) is 14.3 Å². The Balaban J connectivity index is 2.23. The fraction of sp³-hybridized carbons (Fsp3) is 0.0714. The van der Waals surface area contributed by atoms with E-state index < -0.39 is 11.7 Å². The van der Waals surface area contributed by atoms with E-state index in [2.05, 4.69) is 5.32 Å². The van der Waals surface area contributed by atoms with Crippen molar-refractivity contribution in [2.45, 2.75) is 6.92 Å². The number of amides is 1. The Labute approximate surface area is 109 Å². The number of hydrogen-bond donors (Lipinski definition) is 3. The van der Waals surface area contributed by atoms with Crippen molar-refractivity contribution in [1.29, 1.82) is 0 Å². The number of hydrogen-bond acceptors (Lipinski definition) is 3. The molecule has 98 valence electrons. The zero-order chi connectivity index (χ0) is 14.0. The molecular formula is C14H12FNO3. The molecule has 0 aliphatic carbocycles. The standard InChI is InChI=1S/C14H12FNO3/c1-8-2-3-9(6-13(8)18)14(19)16-12-5-4-10(17)7-11(12)15/h2-7,17-18H,1H3,(H,16,19). The van der Waals surface area contributed by atoms with Gasteiger partial charge in [0.25, 0.3) is 5.91 Å². The van der Waals surface area contributed by atoms with E-state index in [1.807, 2.05) is 0 Å². The van der Waals surface area contributed by atoms with Gasteiger partial charge in [-0.05, 0) is 36.8 Å². The van der Waals surface area contributed by atoms with E-state index in [4.69, 9.17) is 5.11 Å². The van der Waals surface area contributed by atoms with E-state index in [1.54, 1.807) is 13.0 Å². The van der Waals surface area contributed by atoms with Crippen LogP contribution in [0.5, 0.6) is 11.5 Å². The van der Waals surface area contributed by atoms with Gasteiger partial charge < -0.3 is 15.5 Å². The first-order chi connectivity index (χ1) is 8.97. The third-order valence-corrected chi connectivity index (χ3v) is 2.67. The summed E-state index contributed by atoms with van der Waals surface area (Å²) in [6.45, 7) is 1.71. The van der Waals surface area contributed by atoms with Crippen LogP contribution in [0.25, 0.3) is 0 Å². The van der Waals surface area contributed by atoms with Crippen molar-refractivity contribution in [3.63, 3.8) is 0 Å². The van der Waals surface area contributed by atoms with Gasteiger partial charge in [-0.15, -0.1) is 0 Å². The average Bonchev–Trinajstić information content (AvgIpc) is 2.36. The molecule has 2 rings (SSSR count). The van der Waals surface area contributed by atoms with Crippen LogP contribution in [0.2, 0.25) is 0 Å². The molecule has 1 amide bonds. The molecule has 0 spiro atoms. The number of carbonyl (C=O) groups is 1. The highest BCUT2D eigenvalue weighted by Crippen LogP contribution is 2.22. The summed E-state index contributed by atoms with van der Waals surface area (Å²) >= 11 is 0. The molecule has 3 N–H and O–H groups in total. The molecule has 0 saturated carbocycles. The molecule has 19 heavy (non-hydrogen) atoms. The Morgan fingerprint density at radius 1 is 1.16 bits per heavy atom. The molecule has 5 heteroatoms. The van der Waals surface area contributed by atoms with Gasteiger partial charge in [0.15, 0.2) is 0 Å². The summed E-state index contributed by atoms with van der Waals surface area (Å²) in [5.74, 6) is -1.49. The van der Waals surface area contributed by atoms with Crippen LogP contribution < -0.4 is 5.32 Å². The summed E-state index contributed by atoms with van der Waals surface area (Å²) in [5, 5.41) is 21.0. The van der Waals surface area contributed by atoms with Gasteiger partial charge in [0.05, 0.1) is 5.69 Å². The third-order valence-electron chi connectivity index (χ3n) is 2.67. The molecule has 0 unspecified atom stereocenters. The van der Waals surface area contributed by atoms with Crippen LogP contribution >= 0.6 is 0 Å². The van der Waals surface area contributed by atoms with Crippen LogP contribution in [0, 0.1) is 12.7 Å². The fourth-order valence-electron chi connectivity index (χ4n) is 1.55. The number of nitrogens with one attached hydrogen (secondary N) is 1. The molecule has 0 fully saturated rings. The molecule has 2 aromatic carbocycles.